The highest BCUT2D eigenvalue weighted by atomic mass is 16.6. The van der Waals surface area contributed by atoms with Gasteiger partial charge in [-0.15, -0.1) is 0 Å². The number of hydrogen-bond acceptors (Lipinski definition) is 4. The van der Waals surface area contributed by atoms with Crippen LogP contribution in [0.3, 0.4) is 0 Å². The van der Waals surface area contributed by atoms with E-state index in [1.165, 1.54) is 17.7 Å². The highest BCUT2D eigenvalue weighted by Crippen LogP contribution is 2.21. The fourth-order valence-corrected chi connectivity index (χ4v) is 2.40. The summed E-state index contributed by atoms with van der Waals surface area (Å²) in [5, 5.41) is 16.9. The van der Waals surface area contributed by atoms with Crippen molar-refractivity contribution in [2.75, 3.05) is 19.6 Å². The lowest BCUT2D eigenvalue weighted by molar-refractivity contribution is -0.385. The molecule has 0 fully saturated rings. The molecule has 6 heteroatoms. The van der Waals surface area contributed by atoms with Gasteiger partial charge in [-0.05, 0) is 32.4 Å². The minimum atomic E-state index is -0.466. The van der Waals surface area contributed by atoms with Crippen molar-refractivity contribution >= 4 is 11.6 Å². The molecule has 0 saturated carbocycles. The number of nitro benzene ring substituents is 1. The number of carbonyl (C=O) groups excluding carboxylic acids is 1. The third-order valence-corrected chi connectivity index (χ3v) is 3.64. The molecule has 0 radical (unpaired) electrons. The maximum atomic E-state index is 12.1. The van der Waals surface area contributed by atoms with E-state index in [1.807, 2.05) is 0 Å². The fourth-order valence-electron chi connectivity index (χ4n) is 2.40. The summed E-state index contributed by atoms with van der Waals surface area (Å²) in [5.41, 5.74) is 2.08. The number of carbonyl (C=O) groups is 1. The van der Waals surface area contributed by atoms with E-state index in [4.69, 9.17) is 0 Å². The van der Waals surface area contributed by atoms with Crippen molar-refractivity contribution in [2.45, 2.75) is 19.8 Å². The molecule has 1 aromatic carbocycles. The number of hydrogen-bond donors (Lipinski definition) is 2. The third-order valence-electron chi connectivity index (χ3n) is 3.64. The quantitative estimate of drug-likeness (QED) is 0.493. The zero-order chi connectivity index (χ0) is 15.2. The monoisotopic (exact) mass is 289 g/mol. The topological polar surface area (TPSA) is 84.3 Å². The van der Waals surface area contributed by atoms with Crippen molar-refractivity contribution in [3.63, 3.8) is 0 Å². The average molecular weight is 289 g/mol. The second-order valence-electron chi connectivity index (χ2n) is 5.03. The minimum Gasteiger partial charge on any atom is -0.352 e. The highest BCUT2D eigenvalue weighted by molar-refractivity contribution is 5.96. The average Bonchev–Trinajstić information content (AvgIpc) is 2.48. The largest absolute Gasteiger partial charge is 0.352 e. The standard InChI is InChI=1S/C15H19N3O3/c1-11-13(3-2-4-14(11)18(20)21)15(19)17-10-7-12-5-8-16-9-6-12/h2-5,16H,6-10H2,1H3,(H,17,19). The van der Waals surface area contributed by atoms with Crippen LogP contribution < -0.4 is 10.6 Å². The first-order chi connectivity index (χ1) is 10.1. The normalized spacial score (nSPS) is 14.4. The van der Waals surface area contributed by atoms with Gasteiger partial charge >= 0.3 is 0 Å². The van der Waals surface area contributed by atoms with Gasteiger partial charge in [0.25, 0.3) is 11.6 Å². The number of nitrogens with zero attached hydrogens (tertiary/aromatic N) is 1. The predicted octanol–water partition coefficient (Wildman–Crippen LogP) is 1.94. The zero-order valence-electron chi connectivity index (χ0n) is 12.0. The lowest BCUT2D eigenvalue weighted by Gasteiger charge is -2.14. The van der Waals surface area contributed by atoms with Crippen LogP contribution in [-0.4, -0.2) is 30.5 Å². The summed E-state index contributed by atoms with van der Waals surface area (Å²) in [6, 6.07) is 4.56. The van der Waals surface area contributed by atoms with Gasteiger partial charge in [0.05, 0.1) is 4.92 Å². The molecule has 112 valence electrons. The summed E-state index contributed by atoms with van der Waals surface area (Å²) in [4.78, 5) is 22.5. The molecule has 1 aromatic rings. The Labute approximate surface area is 123 Å². The van der Waals surface area contributed by atoms with Gasteiger partial charge < -0.3 is 10.6 Å². The lowest BCUT2D eigenvalue weighted by atomic mass is 10.0. The first-order valence-corrected chi connectivity index (χ1v) is 7.00. The summed E-state index contributed by atoms with van der Waals surface area (Å²) in [6.07, 6.45) is 3.97. The van der Waals surface area contributed by atoms with Crippen molar-refractivity contribution in [2.24, 2.45) is 0 Å². The second kappa shape index (κ2) is 6.99. The van der Waals surface area contributed by atoms with Gasteiger partial charge in [0, 0.05) is 30.3 Å². The van der Waals surface area contributed by atoms with Crippen molar-refractivity contribution in [3.8, 4) is 0 Å². The summed E-state index contributed by atoms with van der Waals surface area (Å²) in [7, 11) is 0. The first kappa shape index (κ1) is 15.2. The van der Waals surface area contributed by atoms with Crippen LogP contribution in [0.4, 0.5) is 5.69 Å². The summed E-state index contributed by atoms with van der Waals surface area (Å²) in [5.74, 6) is -0.259. The molecule has 2 rings (SSSR count). The van der Waals surface area contributed by atoms with E-state index in [0.717, 1.165) is 25.9 Å². The Hall–Kier alpha value is -2.21. The molecular formula is C15H19N3O3. The molecule has 2 N–H and O–H groups in total. The summed E-state index contributed by atoms with van der Waals surface area (Å²) in [6.45, 7) is 4.01. The van der Waals surface area contributed by atoms with Gasteiger partial charge in [-0.1, -0.05) is 17.7 Å². The maximum Gasteiger partial charge on any atom is 0.273 e. The molecule has 1 aliphatic heterocycles. The lowest BCUT2D eigenvalue weighted by Crippen LogP contribution is -2.27. The van der Waals surface area contributed by atoms with Crippen LogP contribution in [0.1, 0.15) is 28.8 Å². The highest BCUT2D eigenvalue weighted by Gasteiger charge is 2.17. The Morgan fingerprint density at radius 1 is 1.48 bits per heavy atom. The number of benzene rings is 1. The first-order valence-electron chi connectivity index (χ1n) is 7.00. The smallest absolute Gasteiger partial charge is 0.273 e. The maximum absolute atomic E-state index is 12.1. The van der Waals surface area contributed by atoms with Gasteiger partial charge in [0.15, 0.2) is 0 Å². The van der Waals surface area contributed by atoms with Gasteiger partial charge in [0.1, 0.15) is 0 Å². The van der Waals surface area contributed by atoms with Gasteiger partial charge in [-0.3, -0.25) is 14.9 Å². The Morgan fingerprint density at radius 3 is 2.95 bits per heavy atom. The molecule has 0 aliphatic carbocycles. The third kappa shape index (κ3) is 3.88. The fraction of sp³-hybridized carbons (Fsp3) is 0.400. The predicted molar refractivity (Wildman–Crippen MR) is 80.4 cm³/mol. The number of rotatable bonds is 5. The number of nitrogens with one attached hydrogen (secondary N) is 2. The molecule has 0 bridgehead atoms. The van der Waals surface area contributed by atoms with Crippen LogP contribution in [0.5, 0.6) is 0 Å². The molecular weight excluding hydrogens is 270 g/mol. The van der Waals surface area contributed by atoms with Crippen LogP contribution in [0.15, 0.2) is 29.8 Å². The molecule has 0 saturated heterocycles. The van der Waals surface area contributed by atoms with Gasteiger partial charge in [-0.2, -0.15) is 0 Å². The van der Waals surface area contributed by atoms with E-state index < -0.39 is 4.92 Å². The Morgan fingerprint density at radius 2 is 2.29 bits per heavy atom. The van der Waals surface area contributed by atoms with Crippen LogP contribution >= 0.6 is 0 Å². The van der Waals surface area contributed by atoms with E-state index in [9.17, 15) is 14.9 Å². The van der Waals surface area contributed by atoms with E-state index in [2.05, 4.69) is 16.7 Å². The summed E-state index contributed by atoms with van der Waals surface area (Å²) >= 11 is 0. The molecule has 0 unspecified atom stereocenters. The molecule has 6 nitrogen and oxygen atoms in total. The Kier molecular flexibility index (Phi) is 5.05. The van der Waals surface area contributed by atoms with Crippen molar-refractivity contribution in [3.05, 3.63) is 51.1 Å². The van der Waals surface area contributed by atoms with E-state index in [1.54, 1.807) is 13.0 Å². The molecule has 21 heavy (non-hydrogen) atoms. The molecule has 1 heterocycles. The van der Waals surface area contributed by atoms with Crippen molar-refractivity contribution in [1.82, 2.24) is 10.6 Å². The molecule has 0 spiro atoms. The van der Waals surface area contributed by atoms with Crippen molar-refractivity contribution in [1.29, 1.82) is 0 Å². The van der Waals surface area contributed by atoms with E-state index >= 15 is 0 Å². The SMILES string of the molecule is Cc1c(C(=O)NCCC2=CCNCC2)cccc1[N+](=O)[O-]. The van der Waals surface area contributed by atoms with Crippen LogP contribution in [0.2, 0.25) is 0 Å². The molecule has 0 atom stereocenters. The van der Waals surface area contributed by atoms with Gasteiger partial charge in [-0.25, -0.2) is 0 Å². The van der Waals surface area contributed by atoms with E-state index in [-0.39, 0.29) is 11.6 Å². The van der Waals surface area contributed by atoms with Crippen LogP contribution in [0.25, 0.3) is 0 Å². The van der Waals surface area contributed by atoms with Gasteiger partial charge in [0.2, 0.25) is 0 Å². The minimum absolute atomic E-state index is 0.0243. The summed E-state index contributed by atoms with van der Waals surface area (Å²) < 4.78 is 0. The van der Waals surface area contributed by atoms with Crippen LogP contribution in [0, 0.1) is 17.0 Å². The van der Waals surface area contributed by atoms with Crippen molar-refractivity contribution < 1.29 is 9.72 Å². The molecule has 0 aromatic heterocycles. The molecule has 1 aliphatic rings. The Balaban J connectivity index is 1.96. The molecule has 1 amide bonds. The van der Waals surface area contributed by atoms with E-state index in [0.29, 0.717) is 17.7 Å². The van der Waals surface area contributed by atoms with Crippen LogP contribution in [-0.2, 0) is 0 Å². The number of amides is 1. The zero-order valence-corrected chi connectivity index (χ0v) is 12.0. The Bertz CT molecular complexity index is 582. The second-order valence-corrected chi connectivity index (χ2v) is 5.03. The number of nitro groups is 1.